The summed E-state index contributed by atoms with van der Waals surface area (Å²) >= 11 is 0. The van der Waals surface area contributed by atoms with Crippen molar-refractivity contribution in [2.75, 3.05) is 6.61 Å². The van der Waals surface area contributed by atoms with Gasteiger partial charge in [0.15, 0.2) is 0 Å². The van der Waals surface area contributed by atoms with E-state index in [-0.39, 0.29) is 12.4 Å². The van der Waals surface area contributed by atoms with Crippen LogP contribution in [0.4, 0.5) is 0 Å². The molecule has 5 rings (SSSR count). The molecule has 2 heterocycles. The topological polar surface area (TPSA) is 91.6 Å². The van der Waals surface area contributed by atoms with Crippen molar-refractivity contribution >= 4 is 33.6 Å². The van der Waals surface area contributed by atoms with Crippen molar-refractivity contribution in [1.29, 1.82) is 0 Å². The number of fused-ring (bicyclic) bond motifs is 5. The van der Waals surface area contributed by atoms with Gasteiger partial charge >= 0.3 is 0 Å². The van der Waals surface area contributed by atoms with E-state index >= 15 is 0 Å². The van der Waals surface area contributed by atoms with Crippen LogP contribution in [0.15, 0.2) is 54.6 Å². The molecule has 29 heavy (non-hydrogen) atoms. The Bertz CT molecular complexity index is 1310. The second kappa shape index (κ2) is 6.46. The Morgan fingerprint density at radius 1 is 0.897 bits per heavy atom. The number of aromatic nitrogens is 1. The number of rotatable bonds is 4. The monoisotopic (exact) mass is 386 g/mol. The highest BCUT2D eigenvalue weighted by Gasteiger charge is 2.34. The van der Waals surface area contributed by atoms with Gasteiger partial charge in [-0.1, -0.05) is 30.3 Å². The number of aromatic hydroxyl groups is 1. The molecule has 0 unspecified atom stereocenters. The van der Waals surface area contributed by atoms with Crippen molar-refractivity contribution in [1.82, 2.24) is 9.88 Å². The summed E-state index contributed by atoms with van der Waals surface area (Å²) in [6, 6.07) is 16.4. The van der Waals surface area contributed by atoms with Gasteiger partial charge in [0.1, 0.15) is 5.75 Å². The predicted molar refractivity (Wildman–Crippen MR) is 110 cm³/mol. The summed E-state index contributed by atoms with van der Waals surface area (Å²) in [4.78, 5) is 25.5. The molecule has 3 aromatic carbocycles. The molecule has 0 fully saturated rings. The minimum atomic E-state index is -0.433. The average Bonchev–Trinajstić information content (AvgIpc) is 3.19. The normalized spacial score (nSPS) is 13.3. The highest BCUT2D eigenvalue weighted by atomic mass is 16.3. The predicted octanol–water partition coefficient (Wildman–Crippen LogP) is 3.43. The first-order valence-corrected chi connectivity index (χ1v) is 9.44. The van der Waals surface area contributed by atoms with Gasteiger partial charge in [0, 0.05) is 29.4 Å². The lowest BCUT2D eigenvalue weighted by atomic mass is 9.93. The number of amides is 2. The Morgan fingerprint density at radius 3 is 2.41 bits per heavy atom. The van der Waals surface area contributed by atoms with E-state index in [1.807, 2.05) is 41.0 Å². The maximum atomic E-state index is 12.8. The van der Waals surface area contributed by atoms with Crippen molar-refractivity contribution in [3.8, 4) is 16.9 Å². The quantitative estimate of drug-likeness (QED) is 0.469. The van der Waals surface area contributed by atoms with Crippen molar-refractivity contribution in [2.24, 2.45) is 0 Å². The van der Waals surface area contributed by atoms with Crippen LogP contribution < -0.4 is 5.32 Å². The van der Waals surface area contributed by atoms with Crippen LogP contribution in [0.1, 0.15) is 27.1 Å². The lowest BCUT2D eigenvalue weighted by molar-refractivity contribution is 0.0880. The Kier molecular flexibility index (Phi) is 3.89. The average molecular weight is 386 g/mol. The highest BCUT2D eigenvalue weighted by Crippen LogP contribution is 2.41. The van der Waals surface area contributed by atoms with E-state index in [4.69, 9.17) is 0 Å². The first-order chi connectivity index (χ1) is 14.1. The third kappa shape index (κ3) is 2.53. The zero-order valence-electron chi connectivity index (χ0n) is 15.5. The van der Waals surface area contributed by atoms with E-state index < -0.39 is 11.8 Å². The number of carbonyl (C=O) groups is 2. The van der Waals surface area contributed by atoms with Gasteiger partial charge in [-0.2, -0.15) is 0 Å². The lowest BCUT2D eigenvalue weighted by Crippen LogP contribution is -2.20. The van der Waals surface area contributed by atoms with Gasteiger partial charge in [0.2, 0.25) is 0 Å². The van der Waals surface area contributed by atoms with Crippen molar-refractivity contribution in [3.63, 3.8) is 0 Å². The number of hydrogen-bond acceptors (Lipinski definition) is 4. The van der Waals surface area contributed by atoms with Gasteiger partial charge in [-0.05, 0) is 41.8 Å². The van der Waals surface area contributed by atoms with Crippen molar-refractivity contribution in [3.05, 3.63) is 65.7 Å². The number of phenols is 1. The van der Waals surface area contributed by atoms with Gasteiger partial charge < -0.3 is 14.8 Å². The molecule has 0 spiro atoms. The molecule has 2 amide bonds. The maximum Gasteiger partial charge on any atom is 0.259 e. The van der Waals surface area contributed by atoms with E-state index in [2.05, 4.69) is 5.32 Å². The van der Waals surface area contributed by atoms with E-state index in [1.165, 1.54) is 0 Å². The van der Waals surface area contributed by atoms with E-state index in [0.717, 1.165) is 16.6 Å². The lowest BCUT2D eigenvalue weighted by Gasteiger charge is -2.11. The number of nitrogens with one attached hydrogen (secondary N) is 1. The summed E-state index contributed by atoms with van der Waals surface area (Å²) in [5.74, 6) is -0.760. The molecule has 0 bridgehead atoms. The van der Waals surface area contributed by atoms with Crippen LogP contribution in [0.5, 0.6) is 5.75 Å². The number of benzene rings is 3. The third-order valence-corrected chi connectivity index (χ3v) is 5.44. The fraction of sp³-hybridized carbons (Fsp3) is 0.130. The molecule has 1 aliphatic heterocycles. The van der Waals surface area contributed by atoms with E-state index in [9.17, 15) is 19.8 Å². The molecule has 0 aliphatic carbocycles. The van der Waals surface area contributed by atoms with Crippen LogP contribution in [0.3, 0.4) is 0 Å². The van der Waals surface area contributed by atoms with Crippen LogP contribution in [-0.4, -0.2) is 33.2 Å². The molecule has 0 atom stereocenters. The maximum absolute atomic E-state index is 12.8. The summed E-state index contributed by atoms with van der Waals surface area (Å²) in [7, 11) is 0. The zero-order valence-corrected chi connectivity index (χ0v) is 15.5. The molecule has 1 aliphatic rings. The molecule has 0 saturated carbocycles. The van der Waals surface area contributed by atoms with Gasteiger partial charge in [0.05, 0.1) is 16.6 Å². The second-order valence-electron chi connectivity index (χ2n) is 7.15. The van der Waals surface area contributed by atoms with Crippen molar-refractivity contribution in [2.45, 2.75) is 13.0 Å². The zero-order chi connectivity index (χ0) is 20.1. The molecule has 0 saturated heterocycles. The van der Waals surface area contributed by atoms with Gasteiger partial charge in [-0.3, -0.25) is 14.9 Å². The molecule has 6 nitrogen and oxygen atoms in total. The highest BCUT2D eigenvalue weighted by molar-refractivity contribution is 6.32. The third-order valence-electron chi connectivity index (χ3n) is 5.44. The number of aryl methyl sites for hydroxylation is 1. The summed E-state index contributed by atoms with van der Waals surface area (Å²) in [6.45, 7) is 0.582. The van der Waals surface area contributed by atoms with Crippen LogP contribution in [0.2, 0.25) is 0 Å². The van der Waals surface area contributed by atoms with E-state index in [1.54, 1.807) is 18.2 Å². The number of carbonyl (C=O) groups excluding carboxylic acids is 2. The number of aliphatic hydroxyl groups excluding tert-OH is 1. The molecule has 0 radical (unpaired) electrons. The van der Waals surface area contributed by atoms with E-state index in [0.29, 0.717) is 40.4 Å². The van der Waals surface area contributed by atoms with Gasteiger partial charge in [-0.25, -0.2) is 0 Å². The molecule has 4 aromatic rings. The smallest absolute Gasteiger partial charge is 0.259 e. The minimum Gasteiger partial charge on any atom is -0.508 e. The van der Waals surface area contributed by atoms with Gasteiger partial charge in [0.25, 0.3) is 11.8 Å². The van der Waals surface area contributed by atoms with Crippen LogP contribution in [0.25, 0.3) is 32.9 Å². The molecule has 144 valence electrons. The summed E-state index contributed by atoms with van der Waals surface area (Å²) in [5.41, 5.74) is 3.86. The molecular formula is C23H18N2O4. The number of hydrogen-bond donors (Lipinski definition) is 3. The molecule has 6 heteroatoms. The Hall–Kier alpha value is -3.64. The standard InChI is InChI=1S/C23H18N2O4/c26-10-4-9-25-17-8-7-14(27)11-16(17)19-18(25)12-15(13-5-2-1-3-6-13)20-21(19)23(29)24-22(20)28/h1-3,5-8,11-12,26-27H,4,9-10H2,(H,24,28,29). The Morgan fingerprint density at radius 2 is 1.66 bits per heavy atom. The Balaban J connectivity index is 1.97. The summed E-state index contributed by atoms with van der Waals surface area (Å²) in [5, 5.41) is 23.2. The first-order valence-electron chi connectivity index (χ1n) is 9.44. The molecule has 1 aromatic heterocycles. The first kappa shape index (κ1) is 17.5. The minimum absolute atomic E-state index is 0.0364. The Labute approximate surface area is 166 Å². The van der Waals surface area contributed by atoms with Crippen molar-refractivity contribution < 1.29 is 19.8 Å². The summed E-state index contributed by atoms with van der Waals surface area (Å²) in [6.07, 6.45) is 0.544. The second-order valence-corrected chi connectivity index (χ2v) is 7.15. The number of imide groups is 1. The van der Waals surface area contributed by atoms with Gasteiger partial charge in [-0.15, -0.1) is 0 Å². The SMILES string of the molecule is O=C1NC(=O)c2c1c(-c1ccccc1)cc1c2c2cc(O)ccc2n1CCCO. The summed E-state index contributed by atoms with van der Waals surface area (Å²) < 4.78 is 2.03. The molecular weight excluding hydrogens is 368 g/mol. The number of phenolic OH excluding ortho intramolecular Hbond substituents is 1. The molecule has 3 N–H and O–H groups in total. The van der Waals surface area contributed by atoms with Crippen LogP contribution >= 0.6 is 0 Å². The largest absolute Gasteiger partial charge is 0.508 e. The fourth-order valence-electron chi connectivity index (χ4n) is 4.25. The number of aliphatic hydroxyl groups is 1. The number of nitrogens with zero attached hydrogens (tertiary/aromatic N) is 1. The van der Waals surface area contributed by atoms with Crippen LogP contribution in [-0.2, 0) is 6.54 Å². The van der Waals surface area contributed by atoms with Crippen LogP contribution in [0, 0.1) is 0 Å². The fourth-order valence-corrected chi connectivity index (χ4v) is 4.25.